The number of fused-ring (bicyclic) bond motifs is 2. The van der Waals surface area contributed by atoms with Gasteiger partial charge in [-0.15, -0.1) is 0 Å². The van der Waals surface area contributed by atoms with Crippen LogP contribution in [-0.4, -0.2) is 16.0 Å². The van der Waals surface area contributed by atoms with Crippen LogP contribution in [0, 0.1) is 0 Å². The number of aromatic nitrogens is 1. The third-order valence-corrected chi connectivity index (χ3v) is 3.37. The Labute approximate surface area is 120 Å². The second-order valence-electron chi connectivity index (χ2n) is 4.84. The minimum absolute atomic E-state index is 0.144. The molecule has 0 spiro atoms. The largest absolute Gasteiger partial charge is 0.457 e. The molecule has 0 fully saturated rings. The molecular weight excluding hydrogens is 268 g/mol. The first-order valence-corrected chi connectivity index (χ1v) is 6.64. The highest BCUT2D eigenvalue weighted by Crippen LogP contribution is 2.28. The highest BCUT2D eigenvalue weighted by atomic mass is 16.5. The number of aliphatic imine (C=N–C) groups is 1. The molecule has 1 N–H and O–H groups in total. The van der Waals surface area contributed by atoms with Gasteiger partial charge in [0.15, 0.2) is 17.2 Å². The number of hydrogen-bond acceptors (Lipinski definition) is 5. The van der Waals surface area contributed by atoms with Crippen LogP contribution in [0.2, 0.25) is 0 Å². The van der Waals surface area contributed by atoms with Gasteiger partial charge >= 0.3 is 0 Å². The fourth-order valence-corrected chi connectivity index (χ4v) is 2.39. The Bertz CT molecular complexity index is 852. The van der Waals surface area contributed by atoms with Crippen LogP contribution < -0.4 is 4.74 Å². The number of pyridine rings is 1. The normalized spacial score (nSPS) is 13.3. The van der Waals surface area contributed by atoms with E-state index in [1.165, 1.54) is 0 Å². The van der Waals surface area contributed by atoms with Crippen molar-refractivity contribution >= 4 is 22.7 Å². The number of rotatable bonds is 2. The summed E-state index contributed by atoms with van der Waals surface area (Å²) in [6.07, 6.45) is 2.30. The van der Waals surface area contributed by atoms with E-state index < -0.39 is 0 Å². The summed E-state index contributed by atoms with van der Waals surface area (Å²) in [7, 11) is 0. The van der Waals surface area contributed by atoms with Crippen LogP contribution in [0.1, 0.15) is 11.3 Å². The Morgan fingerprint density at radius 2 is 2.14 bits per heavy atom. The van der Waals surface area contributed by atoms with Gasteiger partial charge in [-0.25, -0.2) is 9.98 Å². The summed E-state index contributed by atoms with van der Waals surface area (Å²) >= 11 is 0. The summed E-state index contributed by atoms with van der Waals surface area (Å²) in [5.41, 5.74) is 3.39. The zero-order valence-corrected chi connectivity index (χ0v) is 11.1. The first-order chi connectivity index (χ1) is 10.3. The average Bonchev–Trinajstić information content (AvgIpc) is 3.09. The van der Waals surface area contributed by atoms with Crippen molar-refractivity contribution in [2.24, 2.45) is 4.99 Å². The fraction of sp³-hybridized carbons (Fsp3) is 0.125. The van der Waals surface area contributed by atoms with Gasteiger partial charge in [-0.3, -0.25) is 0 Å². The van der Waals surface area contributed by atoms with Crippen molar-refractivity contribution in [3.05, 3.63) is 53.9 Å². The van der Waals surface area contributed by atoms with Gasteiger partial charge in [0.2, 0.25) is 0 Å². The minimum Gasteiger partial charge on any atom is -0.457 e. The maximum absolute atomic E-state index is 9.07. The molecule has 0 saturated heterocycles. The highest BCUT2D eigenvalue weighted by Gasteiger charge is 2.16. The number of ether oxygens (including phenoxy) is 1. The summed E-state index contributed by atoms with van der Waals surface area (Å²) in [6, 6.07) is 11.4. The standard InChI is InChI=1S/C16H12N2O3/c19-9-12-6-14-15(20-12)7-11(8-17-14)21-16-5-10-3-1-2-4-13(10)18-16/h1-4,6-8,19H,5,9H2. The number of para-hydroxylation sites is 1. The molecule has 0 bridgehead atoms. The van der Waals surface area contributed by atoms with E-state index in [1.54, 1.807) is 18.3 Å². The lowest BCUT2D eigenvalue weighted by Gasteiger charge is -2.03. The van der Waals surface area contributed by atoms with Crippen LogP contribution in [0.3, 0.4) is 0 Å². The molecule has 5 nitrogen and oxygen atoms in total. The molecule has 5 heteroatoms. The molecule has 3 heterocycles. The Morgan fingerprint density at radius 1 is 1.24 bits per heavy atom. The molecule has 0 radical (unpaired) electrons. The maximum atomic E-state index is 9.07. The molecule has 4 rings (SSSR count). The van der Waals surface area contributed by atoms with Crippen LogP contribution in [0.5, 0.6) is 5.75 Å². The smallest absolute Gasteiger partial charge is 0.199 e. The van der Waals surface area contributed by atoms with Gasteiger partial charge in [0.1, 0.15) is 17.9 Å². The molecule has 3 aromatic rings. The van der Waals surface area contributed by atoms with Crippen molar-refractivity contribution in [1.82, 2.24) is 4.98 Å². The molecule has 1 aromatic carbocycles. The number of hydrogen-bond donors (Lipinski definition) is 1. The van der Waals surface area contributed by atoms with E-state index in [0.717, 1.165) is 11.3 Å². The lowest BCUT2D eigenvalue weighted by Crippen LogP contribution is -2.07. The van der Waals surface area contributed by atoms with Crippen molar-refractivity contribution in [1.29, 1.82) is 0 Å². The number of aliphatic hydroxyl groups is 1. The number of benzene rings is 1. The van der Waals surface area contributed by atoms with E-state index in [1.807, 2.05) is 24.3 Å². The topological polar surface area (TPSA) is 67.9 Å². The minimum atomic E-state index is -0.144. The molecule has 21 heavy (non-hydrogen) atoms. The summed E-state index contributed by atoms with van der Waals surface area (Å²) < 4.78 is 11.2. The third-order valence-electron chi connectivity index (χ3n) is 3.37. The van der Waals surface area contributed by atoms with Crippen molar-refractivity contribution in [2.75, 3.05) is 0 Å². The molecule has 104 valence electrons. The predicted molar refractivity (Wildman–Crippen MR) is 77.8 cm³/mol. The lowest BCUT2D eigenvalue weighted by molar-refractivity contribution is 0.251. The Hall–Kier alpha value is -2.66. The summed E-state index contributed by atoms with van der Waals surface area (Å²) in [5, 5.41) is 9.07. The van der Waals surface area contributed by atoms with E-state index in [0.29, 0.717) is 34.9 Å². The molecule has 0 saturated carbocycles. The van der Waals surface area contributed by atoms with E-state index in [2.05, 4.69) is 9.98 Å². The second kappa shape index (κ2) is 4.71. The van der Waals surface area contributed by atoms with Crippen molar-refractivity contribution < 1.29 is 14.3 Å². The zero-order valence-electron chi connectivity index (χ0n) is 11.1. The first kappa shape index (κ1) is 12.1. The molecule has 1 aliphatic rings. The molecule has 0 amide bonds. The van der Waals surface area contributed by atoms with Crippen LogP contribution in [0.4, 0.5) is 5.69 Å². The van der Waals surface area contributed by atoms with E-state index in [9.17, 15) is 0 Å². The lowest BCUT2D eigenvalue weighted by atomic mass is 10.1. The molecular formula is C16H12N2O3. The summed E-state index contributed by atoms with van der Waals surface area (Å²) in [5.74, 6) is 1.71. The molecule has 0 aliphatic carbocycles. The maximum Gasteiger partial charge on any atom is 0.199 e. The number of nitrogens with zero attached hydrogens (tertiary/aromatic N) is 2. The number of aliphatic hydroxyl groups excluding tert-OH is 1. The monoisotopic (exact) mass is 280 g/mol. The molecule has 1 aliphatic heterocycles. The Kier molecular flexibility index (Phi) is 2.72. The first-order valence-electron chi connectivity index (χ1n) is 6.64. The quantitative estimate of drug-likeness (QED) is 0.783. The van der Waals surface area contributed by atoms with Crippen LogP contribution in [-0.2, 0) is 13.0 Å². The van der Waals surface area contributed by atoms with Gasteiger partial charge in [-0.1, -0.05) is 18.2 Å². The van der Waals surface area contributed by atoms with E-state index in [4.69, 9.17) is 14.3 Å². The van der Waals surface area contributed by atoms with Gasteiger partial charge in [0, 0.05) is 12.1 Å². The molecule has 2 aromatic heterocycles. The van der Waals surface area contributed by atoms with E-state index in [-0.39, 0.29) is 6.61 Å². The predicted octanol–water partition coefficient (Wildman–Crippen LogP) is 2.99. The van der Waals surface area contributed by atoms with Crippen molar-refractivity contribution in [3.63, 3.8) is 0 Å². The van der Waals surface area contributed by atoms with Crippen LogP contribution >= 0.6 is 0 Å². The fourth-order valence-electron chi connectivity index (χ4n) is 2.39. The zero-order chi connectivity index (χ0) is 14.2. The molecule has 0 atom stereocenters. The average molecular weight is 280 g/mol. The van der Waals surface area contributed by atoms with Gasteiger partial charge in [-0.05, 0) is 11.6 Å². The highest BCUT2D eigenvalue weighted by molar-refractivity contribution is 5.89. The Balaban J connectivity index is 1.61. The van der Waals surface area contributed by atoms with Gasteiger partial charge in [0.25, 0.3) is 0 Å². The summed E-state index contributed by atoms with van der Waals surface area (Å²) in [4.78, 5) is 8.70. The Morgan fingerprint density at radius 3 is 3.00 bits per heavy atom. The number of furan rings is 1. The van der Waals surface area contributed by atoms with Crippen molar-refractivity contribution in [2.45, 2.75) is 13.0 Å². The van der Waals surface area contributed by atoms with Crippen LogP contribution in [0.25, 0.3) is 11.1 Å². The van der Waals surface area contributed by atoms with Gasteiger partial charge in [0.05, 0.1) is 18.3 Å². The van der Waals surface area contributed by atoms with Crippen LogP contribution in [0.15, 0.2) is 52.0 Å². The molecule has 0 unspecified atom stereocenters. The van der Waals surface area contributed by atoms with Crippen molar-refractivity contribution in [3.8, 4) is 5.75 Å². The third kappa shape index (κ3) is 2.17. The van der Waals surface area contributed by atoms with Gasteiger partial charge in [-0.2, -0.15) is 0 Å². The van der Waals surface area contributed by atoms with Gasteiger partial charge < -0.3 is 14.3 Å². The van der Waals surface area contributed by atoms with E-state index >= 15 is 0 Å². The SMILES string of the molecule is OCc1cc2ncc(OC3=Nc4ccccc4C3)cc2o1. The summed E-state index contributed by atoms with van der Waals surface area (Å²) in [6.45, 7) is -0.144. The second-order valence-corrected chi connectivity index (χ2v) is 4.84.